The van der Waals surface area contributed by atoms with Crippen LogP contribution in [0.3, 0.4) is 0 Å². The second kappa shape index (κ2) is 13.1. The van der Waals surface area contributed by atoms with Gasteiger partial charge in [-0.1, -0.05) is 39.5 Å². The summed E-state index contributed by atoms with van der Waals surface area (Å²) in [5.74, 6) is -1.20. The molecule has 0 aromatic heterocycles. The summed E-state index contributed by atoms with van der Waals surface area (Å²) in [5, 5.41) is 2.56. The molecule has 1 amide bonds. The van der Waals surface area contributed by atoms with Crippen molar-refractivity contribution in [1.29, 1.82) is 0 Å². The van der Waals surface area contributed by atoms with Gasteiger partial charge in [0, 0.05) is 12.8 Å². The second-order valence-electron chi connectivity index (χ2n) is 5.24. The van der Waals surface area contributed by atoms with Crippen LogP contribution >= 0.6 is 0 Å². The molecule has 1 N–H and O–H groups in total. The van der Waals surface area contributed by atoms with Gasteiger partial charge >= 0.3 is 11.9 Å². The van der Waals surface area contributed by atoms with Crippen LogP contribution in [0, 0.1) is 0 Å². The molecule has 0 aliphatic rings. The van der Waals surface area contributed by atoms with E-state index in [0.717, 1.165) is 38.5 Å². The molecule has 0 aromatic rings. The van der Waals surface area contributed by atoms with Gasteiger partial charge in [-0.25, -0.2) is 4.79 Å². The van der Waals surface area contributed by atoms with E-state index in [0.29, 0.717) is 12.8 Å². The first-order chi connectivity index (χ1) is 10.5. The zero-order valence-electron chi connectivity index (χ0n) is 14.0. The predicted octanol–water partition coefficient (Wildman–Crippen LogP) is 2.35. The van der Waals surface area contributed by atoms with E-state index in [-0.39, 0.29) is 18.5 Å². The van der Waals surface area contributed by atoms with E-state index in [4.69, 9.17) is 4.74 Å². The number of hydrogen-bond acceptors (Lipinski definition) is 5. The number of methoxy groups -OCH3 is 1. The van der Waals surface area contributed by atoms with Crippen molar-refractivity contribution in [2.45, 2.75) is 71.3 Å². The summed E-state index contributed by atoms with van der Waals surface area (Å²) in [7, 11) is 1.24. The van der Waals surface area contributed by atoms with Gasteiger partial charge in [-0.2, -0.15) is 0 Å². The molecule has 0 radical (unpaired) electrons. The van der Waals surface area contributed by atoms with Gasteiger partial charge in [0.25, 0.3) is 0 Å². The molecule has 22 heavy (non-hydrogen) atoms. The van der Waals surface area contributed by atoms with Crippen LogP contribution in [-0.2, 0) is 23.9 Å². The van der Waals surface area contributed by atoms with Crippen molar-refractivity contribution in [2.75, 3.05) is 13.7 Å². The highest BCUT2D eigenvalue weighted by Crippen LogP contribution is 2.03. The number of esters is 2. The van der Waals surface area contributed by atoms with E-state index in [1.807, 2.05) is 13.8 Å². The van der Waals surface area contributed by atoms with Crippen molar-refractivity contribution in [3.8, 4) is 0 Å². The minimum Gasteiger partial charge on any atom is -0.467 e. The summed E-state index contributed by atoms with van der Waals surface area (Å²) < 4.78 is 9.67. The third-order valence-corrected chi connectivity index (χ3v) is 3.22. The lowest BCUT2D eigenvalue weighted by Gasteiger charge is -2.16. The molecule has 0 heterocycles. The molecule has 0 fully saturated rings. The van der Waals surface area contributed by atoms with E-state index in [9.17, 15) is 14.4 Å². The summed E-state index contributed by atoms with van der Waals surface area (Å²) in [4.78, 5) is 34.9. The number of rotatable bonds is 12. The van der Waals surface area contributed by atoms with E-state index in [1.165, 1.54) is 7.11 Å². The van der Waals surface area contributed by atoms with Crippen molar-refractivity contribution in [3.63, 3.8) is 0 Å². The molecule has 6 nitrogen and oxygen atoms in total. The first-order valence-electron chi connectivity index (χ1n) is 8.07. The molecule has 128 valence electrons. The molecule has 0 aromatic carbocycles. The van der Waals surface area contributed by atoms with E-state index < -0.39 is 12.0 Å². The number of unbranched alkanes of at least 4 members (excludes halogenated alkanes) is 4. The van der Waals surface area contributed by atoms with Crippen molar-refractivity contribution in [2.24, 2.45) is 0 Å². The normalized spacial score (nSPS) is 11.6. The average Bonchev–Trinajstić information content (AvgIpc) is 2.51. The fraction of sp³-hybridized carbons (Fsp3) is 0.812. The molecule has 0 spiro atoms. The van der Waals surface area contributed by atoms with Crippen molar-refractivity contribution >= 4 is 17.8 Å². The largest absolute Gasteiger partial charge is 0.467 e. The fourth-order valence-corrected chi connectivity index (χ4v) is 1.88. The third-order valence-electron chi connectivity index (χ3n) is 3.22. The molecule has 0 rings (SSSR count). The van der Waals surface area contributed by atoms with Gasteiger partial charge in [-0.05, 0) is 12.8 Å². The van der Waals surface area contributed by atoms with Crippen LogP contribution in [0.4, 0.5) is 0 Å². The van der Waals surface area contributed by atoms with Gasteiger partial charge in [0.2, 0.25) is 5.91 Å². The van der Waals surface area contributed by atoms with Gasteiger partial charge in [-0.15, -0.1) is 0 Å². The average molecular weight is 315 g/mol. The Labute approximate surface area is 132 Å². The Morgan fingerprint density at radius 1 is 0.955 bits per heavy atom. The van der Waals surface area contributed by atoms with E-state index >= 15 is 0 Å². The minimum atomic E-state index is -0.936. The lowest BCUT2D eigenvalue weighted by molar-refractivity contribution is -0.152. The van der Waals surface area contributed by atoms with E-state index in [1.54, 1.807) is 0 Å². The monoisotopic (exact) mass is 315 g/mol. The third kappa shape index (κ3) is 10.2. The molecule has 1 unspecified atom stereocenters. The molecular formula is C16H29NO5. The molecule has 0 saturated heterocycles. The highest BCUT2D eigenvalue weighted by Gasteiger charge is 2.23. The van der Waals surface area contributed by atoms with E-state index in [2.05, 4.69) is 10.1 Å². The Hall–Kier alpha value is -1.59. The molecule has 0 bridgehead atoms. The zero-order valence-corrected chi connectivity index (χ0v) is 14.0. The molecule has 0 aliphatic carbocycles. The summed E-state index contributed by atoms with van der Waals surface area (Å²) in [6.45, 7) is 3.91. The number of nitrogens with one attached hydrogen (secondary N) is 1. The SMILES string of the molecule is CCCCCC(=O)NC(COC(=O)CCCCC)C(=O)OC. The number of amides is 1. The first-order valence-corrected chi connectivity index (χ1v) is 8.07. The molecule has 6 heteroatoms. The number of carbonyl (C=O) groups excluding carboxylic acids is 3. The standard InChI is InChI=1S/C16H29NO5/c1-4-6-8-10-14(18)17-13(16(20)21-3)12-22-15(19)11-9-7-5-2/h13H,4-12H2,1-3H3,(H,17,18). The Balaban J connectivity index is 4.20. The Bertz CT molecular complexity index is 343. The van der Waals surface area contributed by atoms with Gasteiger partial charge < -0.3 is 14.8 Å². The summed E-state index contributed by atoms with van der Waals surface area (Å²) in [6, 6.07) is -0.936. The van der Waals surface area contributed by atoms with Crippen LogP contribution in [0.1, 0.15) is 65.2 Å². The van der Waals surface area contributed by atoms with Crippen molar-refractivity contribution in [3.05, 3.63) is 0 Å². The lowest BCUT2D eigenvalue weighted by Crippen LogP contribution is -2.45. The fourth-order valence-electron chi connectivity index (χ4n) is 1.88. The highest BCUT2D eigenvalue weighted by molar-refractivity contribution is 5.84. The van der Waals surface area contributed by atoms with Gasteiger partial charge in [-0.3, -0.25) is 9.59 Å². The molecule has 0 aliphatic heterocycles. The van der Waals surface area contributed by atoms with Gasteiger partial charge in [0.05, 0.1) is 7.11 Å². The van der Waals surface area contributed by atoms with Crippen molar-refractivity contribution < 1.29 is 23.9 Å². The lowest BCUT2D eigenvalue weighted by atomic mass is 10.2. The second-order valence-corrected chi connectivity index (χ2v) is 5.24. The van der Waals surface area contributed by atoms with Crippen molar-refractivity contribution in [1.82, 2.24) is 5.32 Å². The van der Waals surface area contributed by atoms with Crippen LogP contribution in [0.25, 0.3) is 0 Å². The van der Waals surface area contributed by atoms with Crippen LogP contribution in [0.5, 0.6) is 0 Å². The van der Waals surface area contributed by atoms with Crippen LogP contribution in [0.2, 0.25) is 0 Å². The summed E-state index contributed by atoms with van der Waals surface area (Å²) in [6.07, 6.45) is 6.17. The maximum atomic E-state index is 11.7. The summed E-state index contributed by atoms with van der Waals surface area (Å²) in [5.41, 5.74) is 0. The molecule has 1 atom stereocenters. The first kappa shape index (κ1) is 20.4. The topological polar surface area (TPSA) is 81.7 Å². The minimum absolute atomic E-state index is 0.183. The maximum Gasteiger partial charge on any atom is 0.331 e. The number of carbonyl (C=O) groups is 3. The Morgan fingerprint density at radius 2 is 1.55 bits per heavy atom. The zero-order chi connectivity index (χ0) is 16.8. The van der Waals surface area contributed by atoms with Gasteiger partial charge in [0.1, 0.15) is 6.61 Å². The number of hydrogen-bond donors (Lipinski definition) is 1. The van der Waals surface area contributed by atoms with Gasteiger partial charge in [0.15, 0.2) is 6.04 Å². The Kier molecular flexibility index (Phi) is 12.2. The number of ether oxygens (including phenoxy) is 2. The quantitative estimate of drug-likeness (QED) is 0.441. The van der Waals surface area contributed by atoms with Crippen LogP contribution < -0.4 is 5.32 Å². The van der Waals surface area contributed by atoms with Crippen LogP contribution in [-0.4, -0.2) is 37.6 Å². The van der Waals surface area contributed by atoms with Crippen LogP contribution in [0.15, 0.2) is 0 Å². The molecular weight excluding hydrogens is 286 g/mol. The Morgan fingerprint density at radius 3 is 2.09 bits per heavy atom. The predicted molar refractivity (Wildman–Crippen MR) is 83.2 cm³/mol. The summed E-state index contributed by atoms with van der Waals surface area (Å²) >= 11 is 0. The highest BCUT2D eigenvalue weighted by atomic mass is 16.5. The maximum absolute atomic E-state index is 11.7. The smallest absolute Gasteiger partial charge is 0.331 e. The molecule has 0 saturated carbocycles.